The number of nitrogens with two attached hydrogens (primary N) is 1. The van der Waals surface area contributed by atoms with E-state index in [1.54, 1.807) is 0 Å². The number of thioether (sulfide) groups is 2. The van der Waals surface area contributed by atoms with E-state index in [1.807, 2.05) is 23.5 Å². The summed E-state index contributed by atoms with van der Waals surface area (Å²) in [5.41, 5.74) is 5.27. The average molecular weight is 335 g/mol. The van der Waals surface area contributed by atoms with Crippen molar-refractivity contribution in [2.45, 2.75) is 44.8 Å². The topological polar surface area (TPSA) is 55.1 Å². The summed E-state index contributed by atoms with van der Waals surface area (Å²) >= 11 is 9.13. The van der Waals surface area contributed by atoms with Crippen molar-refractivity contribution in [2.75, 3.05) is 23.8 Å². The molecule has 0 radical (unpaired) electrons. The summed E-state index contributed by atoms with van der Waals surface area (Å²) in [5.74, 6) is 3.55. The number of carbonyl (C=O) groups excluding carboxylic acids is 1. The third kappa shape index (κ3) is 4.81. The summed E-state index contributed by atoms with van der Waals surface area (Å²) in [6.07, 6.45) is 3.32. The molecule has 0 spiro atoms. The number of carbonyl (C=O) groups is 1. The molecule has 3 N–H and O–H groups in total. The highest BCUT2D eigenvalue weighted by Gasteiger charge is 2.39. The van der Waals surface area contributed by atoms with Gasteiger partial charge in [0.2, 0.25) is 5.91 Å². The van der Waals surface area contributed by atoms with Crippen molar-refractivity contribution in [1.82, 2.24) is 5.32 Å². The number of hydrogen-bond acceptors (Lipinski definition) is 4. The summed E-state index contributed by atoms with van der Waals surface area (Å²) < 4.78 is 0. The van der Waals surface area contributed by atoms with Crippen molar-refractivity contribution in [2.24, 2.45) is 11.1 Å². The summed E-state index contributed by atoms with van der Waals surface area (Å²) in [5, 5.41) is 3.62. The van der Waals surface area contributed by atoms with Gasteiger partial charge < -0.3 is 11.1 Å². The minimum absolute atomic E-state index is 0.0323. The van der Waals surface area contributed by atoms with Crippen LogP contribution in [-0.4, -0.2) is 39.9 Å². The summed E-state index contributed by atoms with van der Waals surface area (Å²) in [6.45, 7) is 4.88. The molecule has 0 aromatic carbocycles. The van der Waals surface area contributed by atoms with Crippen LogP contribution in [0.4, 0.5) is 0 Å². The van der Waals surface area contributed by atoms with Crippen LogP contribution in [-0.2, 0) is 4.79 Å². The summed E-state index contributed by atoms with van der Waals surface area (Å²) in [6, 6.07) is 0. The fraction of sp³-hybridized carbons (Fsp3) is 0.857. The lowest BCUT2D eigenvalue weighted by Crippen LogP contribution is -2.50. The van der Waals surface area contributed by atoms with E-state index >= 15 is 0 Å². The smallest absolute Gasteiger partial charge is 0.233 e. The fourth-order valence-electron chi connectivity index (χ4n) is 2.59. The maximum absolute atomic E-state index is 12.6. The molecule has 116 valence electrons. The predicted octanol–water partition coefficient (Wildman–Crippen LogP) is 2.82. The number of nitrogens with one attached hydrogen (secondary N) is 1. The quantitative estimate of drug-likeness (QED) is 0.669. The van der Waals surface area contributed by atoms with E-state index in [4.69, 9.17) is 18.0 Å². The van der Waals surface area contributed by atoms with Crippen LogP contribution in [0, 0.1) is 5.41 Å². The minimum atomic E-state index is -0.648. The van der Waals surface area contributed by atoms with Gasteiger partial charge in [-0.25, -0.2) is 0 Å². The molecular weight excluding hydrogens is 308 g/mol. The first-order valence-corrected chi connectivity index (χ1v) is 9.95. The highest BCUT2D eigenvalue weighted by atomic mass is 32.2. The normalized spacial score (nSPS) is 19.6. The van der Waals surface area contributed by atoms with Crippen LogP contribution in [0.1, 0.15) is 39.5 Å². The van der Waals surface area contributed by atoms with Crippen LogP contribution in [0.3, 0.4) is 0 Å². The number of hydrogen-bond donors (Lipinski definition) is 2. The lowest BCUT2D eigenvalue weighted by atomic mass is 9.78. The van der Waals surface area contributed by atoms with Crippen molar-refractivity contribution >= 4 is 46.6 Å². The first-order chi connectivity index (χ1) is 9.56. The fourth-order valence-corrected chi connectivity index (χ4v) is 5.50. The molecule has 6 heteroatoms. The summed E-state index contributed by atoms with van der Waals surface area (Å²) in [4.78, 5) is 13.0. The second kappa shape index (κ2) is 9.15. The standard InChI is InChI=1S/C14H26N2OS3/c1-3-5-14(6-4-2,12(15)18)13(17)16-9-11-10-19-7-8-20-11/h11H,3-10H2,1-2H3,(H2,15,18)(H,16,17). The van der Waals surface area contributed by atoms with E-state index in [1.165, 1.54) is 11.5 Å². The highest BCUT2D eigenvalue weighted by molar-refractivity contribution is 8.06. The number of thiocarbonyl (C=S) groups is 1. The van der Waals surface area contributed by atoms with Gasteiger partial charge in [0.05, 0.1) is 10.4 Å². The zero-order valence-electron chi connectivity index (χ0n) is 12.4. The average Bonchev–Trinajstić information content (AvgIpc) is 2.45. The minimum Gasteiger partial charge on any atom is -0.392 e. The Balaban J connectivity index is 2.64. The Bertz CT molecular complexity index is 324. The van der Waals surface area contributed by atoms with Gasteiger partial charge in [-0.05, 0) is 12.8 Å². The number of amides is 1. The van der Waals surface area contributed by atoms with Crippen molar-refractivity contribution in [1.29, 1.82) is 0 Å². The Morgan fingerprint density at radius 3 is 2.45 bits per heavy atom. The van der Waals surface area contributed by atoms with Gasteiger partial charge in [-0.15, -0.1) is 0 Å². The maximum atomic E-state index is 12.6. The van der Waals surface area contributed by atoms with Crippen LogP contribution >= 0.6 is 35.7 Å². The van der Waals surface area contributed by atoms with Gasteiger partial charge in [0.25, 0.3) is 0 Å². The molecule has 1 unspecified atom stereocenters. The second-order valence-corrected chi connectivity index (χ2v) is 8.22. The second-order valence-electron chi connectivity index (χ2n) is 5.22. The van der Waals surface area contributed by atoms with Crippen LogP contribution in [0.15, 0.2) is 0 Å². The van der Waals surface area contributed by atoms with E-state index in [-0.39, 0.29) is 5.91 Å². The van der Waals surface area contributed by atoms with E-state index < -0.39 is 5.41 Å². The Morgan fingerprint density at radius 2 is 2.00 bits per heavy atom. The van der Waals surface area contributed by atoms with Gasteiger partial charge in [-0.2, -0.15) is 23.5 Å². The maximum Gasteiger partial charge on any atom is 0.233 e. The molecule has 1 aliphatic rings. The van der Waals surface area contributed by atoms with Crippen molar-refractivity contribution in [3.8, 4) is 0 Å². The molecule has 0 aromatic heterocycles. The third-order valence-electron chi connectivity index (χ3n) is 3.64. The molecule has 0 aromatic rings. The zero-order valence-corrected chi connectivity index (χ0v) is 14.9. The molecule has 0 saturated carbocycles. The van der Waals surface area contributed by atoms with Gasteiger partial charge in [0.15, 0.2) is 0 Å². The zero-order chi connectivity index (χ0) is 15.0. The third-order valence-corrected chi connectivity index (χ3v) is 6.87. The molecule has 20 heavy (non-hydrogen) atoms. The lowest BCUT2D eigenvalue weighted by molar-refractivity contribution is -0.128. The van der Waals surface area contributed by atoms with Gasteiger partial charge in [-0.1, -0.05) is 38.9 Å². The molecule has 0 aliphatic carbocycles. The van der Waals surface area contributed by atoms with Gasteiger partial charge >= 0.3 is 0 Å². The van der Waals surface area contributed by atoms with Gasteiger partial charge in [-0.3, -0.25) is 4.79 Å². The monoisotopic (exact) mass is 334 g/mol. The van der Waals surface area contributed by atoms with Gasteiger partial charge in [0, 0.05) is 29.1 Å². The lowest BCUT2D eigenvalue weighted by Gasteiger charge is -2.32. The first-order valence-electron chi connectivity index (χ1n) is 7.34. The highest BCUT2D eigenvalue weighted by Crippen LogP contribution is 2.31. The molecule has 1 aliphatic heterocycles. The van der Waals surface area contributed by atoms with E-state index in [2.05, 4.69) is 19.2 Å². The van der Waals surface area contributed by atoms with Crippen LogP contribution in [0.5, 0.6) is 0 Å². The predicted molar refractivity (Wildman–Crippen MR) is 95.6 cm³/mol. The van der Waals surface area contributed by atoms with E-state index in [0.717, 1.165) is 38.0 Å². The molecule has 1 saturated heterocycles. The SMILES string of the molecule is CCCC(CCC)(C(=O)NCC1CSCCS1)C(N)=S. The van der Waals surface area contributed by atoms with Crippen molar-refractivity contribution < 1.29 is 4.79 Å². The van der Waals surface area contributed by atoms with Crippen LogP contribution < -0.4 is 11.1 Å². The molecule has 1 rings (SSSR count). The summed E-state index contributed by atoms with van der Waals surface area (Å²) in [7, 11) is 0. The van der Waals surface area contributed by atoms with Crippen molar-refractivity contribution in [3.05, 3.63) is 0 Å². The molecule has 1 amide bonds. The molecule has 1 atom stereocenters. The first kappa shape index (κ1) is 18.1. The molecular formula is C14H26N2OS3. The van der Waals surface area contributed by atoms with E-state index in [9.17, 15) is 4.79 Å². The Hall–Kier alpha value is 0.0600. The molecule has 0 bridgehead atoms. The van der Waals surface area contributed by atoms with Gasteiger partial charge in [0.1, 0.15) is 0 Å². The molecule has 3 nitrogen and oxygen atoms in total. The Kier molecular flexibility index (Phi) is 8.29. The Labute approximate surface area is 136 Å². The largest absolute Gasteiger partial charge is 0.392 e. The molecule has 1 heterocycles. The molecule has 1 fully saturated rings. The number of rotatable bonds is 8. The van der Waals surface area contributed by atoms with Crippen LogP contribution in [0.2, 0.25) is 0 Å². The van der Waals surface area contributed by atoms with Crippen molar-refractivity contribution in [3.63, 3.8) is 0 Å². The van der Waals surface area contributed by atoms with Crippen LogP contribution in [0.25, 0.3) is 0 Å². The Morgan fingerprint density at radius 1 is 1.35 bits per heavy atom. The van der Waals surface area contributed by atoms with E-state index in [0.29, 0.717) is 10.2 Å².